The molecule has 0 saturated heterocycles. The second-order valence-electron chi connectivity index (χ2n) is 4.67. The third kappa shape index (κ3) is 5.10. The predicted octanol–water partition coefficient (Wildman–Crippen LogP) is 3.12. The molecule has 0 aliphatic heterocycles. The standard InChI is InChI=1S/C17H21N3O/c1-5-8-19-10-13(3)14(4)11-20-17(18)15-9-12(2)6-7-16(15)21/h5-10,21H,1,4,11H2,2-3H3,(H2,18,20)/b13-10+,19-8?. The Labute approximate surface area is 125 Å². The number of phenolic OH excluding ortho intramolecular Hbond substituents is 1. The van der Waals surface area contributed by atoms with Crippen molar-refractivity contribution in [2.45, 2.75) is 13.8 Å². The minimum Gasteiger partial charge on any atom is -0.507 e. The number of nitrogens with zero attached hydrogens (tertiary/aromatic N) is 2. The highest BCUT2D eigenvalue weighted by Crippen LogP contribution is 2.18. The van der Waals surface area contributed by atoms with E-state index in [-0.39, 0.29) is 5.75 Å². The van der Waals surface area contributed by atoms with Gasteiger partial charge in [-0.15, -0.1) is 0 Å². The van der Waals surface area contributed by atoms with Gasteiger partial charge in [0.05, 0.1) is 12.1 Å². The van der Waals surface area contributed by atoms with Crippen LogP contribution in [0.4, 0.5) is 0 Å². The molecule has 0 aliphatic carbocycles. The van der Waals surface area contributed by atoms with E-state index in [1.807, 2.05) is 19.9 Å². The summed E-state index contributed by atoms with van der Waals surface area (Å²) in [5, 5.41) is 9.80. The fourth-order valence-corrected chi connectivity index (χ4v) is 1.55. The van der Waals surface area contributed by atoms with Gasteiger partial charge < -0.3 is 10.8 Å². The van der Waals surface area contributed by atoms with E-state index >= 15 is 0 Å². The topological polar surface area (TPSA) is 71.0 Å². The molecule has 1 aromatic carbocycles. The lowest BCUT2D eigenvalue weighted by Gasteiger charge is -2.07. The molecular weight excluding hydrogens is 262 g/mol. The van der Waals surface area contributed by atoms with Gasteiger partial charge in [0.1, 0.15) is 11.6 Å². The SMILES string of the molecule is C=CC=N/C=C(\C)C(=C)CN=C(N)c1cc(C)ccc1O. The fourth-order valence-electron chi connectivity index (χ4n) is 1.55. The molecule has 0 amide bonds. The Hall–Kier alpha value is -2.62. The van der Waals surface area contributed by atoms with Crippen LogP contribution in [-0.4, -0.2) is 23.7 Å². The Kier molecular flexibility index (Phi) is 6.14. The molecule has 3 N–H and O–H groups in total. The van der Waals surface area contributed by atoms with Crippen LogP contribution in [-0.2, 0) is 0 Å². The summed E-state index contributed by atoms with van der Waals surface area (Å²) in [6.45, 7) is 11.7. The van der Waals surface area contributed by atoms with Gasteiger partial charge in [0.25, 0.3) is 0 Å². The summed E-state index contributed by atoms with van der Waals surface area (Å²) in [4.78, 5) is 8.30. The van der Waals surface area contributed by atoms with Crippen molar-refractivity contribution in [1.82, 2.24) is 0 Å². The maximum Gasteiger partial charge on any atom is 0.129 e. The fraction of sp³-hybridized carbons (Fsp3) is 0.176. The minimum absolute atomic E-state index is 0.121. The number of allylic oxidation sites excluding steroid dienone is 1. The molecule has 0 saturated carbocycles. The van der Waals surface area contributed by atoms with Gasteiger partial charge in [0.15, 0.2) is 0 Å². The molecule has 0 aliphatic rings. The van der Waals surface area contributed by atoms with Gasteiger partial charge in [-0.25, -0.2) is 0 Å². The summed E-state index contributed by atoms with van der Waals surface area (Å²) in [6, 6.07) is 5.22. The zero-order chi connectivity index (χ0) is 15.8. The van der Waals surface area contributed by atoms with Gasteiger partial charge in [-0.1, -0.05) is 30.9 Å². The van der Waals surface area contributed by atoms with Gasteiger partial charge in [0.2, 0.25) is 0 Å². The quantitative estimate of drug-likeness (QED) is 0.478. The number of amidine groups is 1. The Bertz CT molecular complexity index is 625. The molecule has 4 nitrogen and oxygen atoms in total. The second-order valence-corrected chi connectivity index (χ2v) is 4.67. The van der Waals surface area contributed by atoms with Crippen LogP contribution < -0.4 is 5.73 Å². The van der Waals surface area contributed by atoms with Crippen LogP contribution in [0, 0.1) is 6.92 Å². The van der Waals surface area contributed by atoms with Crippen LogP contribution in [0.3, 0.4) is 0 Å². The summed E-state index contributed by atoms with van der Waals surface area (Å²) < 4.78 is 0. The molecule has 4 heteroatoms. The molecule has 0 atom stereocenters. The lowest BCUT2D eigenvalue weighted by Crippen LogP contribution is -2.14. The Balaban J connectivity index is 2.82. The molecule has 0 unspecified atom stereocenters. The van der Waals surface area contributed by atoms with Gasteiger partial charge in [0, 0.05) is 12.4 Å². The van der Waals surface area contributed by atoms with Crippen molar-refractivity contribution in [3.05, 3.63) is 65.9 Å². The molecule has 0 bridgehead atoms. The van der Waals surface area contributed by atoms with Crippen LogP contribution in [0.5, 0.6) is 5.75 Å². The summed E-state index contributed by atoms with van der Waals surface area (Å²) in [5.41, 5.74) is 9.19. The van der Waals surface area contributed by atoms with Crippen molar-refractivity contribution >= 4 is 12.1 Å². The van der Waals surface area contributed by atoms with Gasteiger partial charge >= 0.3 is 0 Å². The van der Waals surface area contributed by atoms with E-state index in [1.54, 1.807) is 30.6 Å². The largest absolute Gasteiger partial charge is 0.507 e. The molecule has 0 radical (unpaired) electrons. The van der Waals surface area contributed by atoms with E-state index in [1.165, 1.54) is 0 Å². The van der Waals surface area contributed by atoms with Crippen LogP contribution in [0.15, 0.2) is 64.8 Å². The first-order chi connectivity index (χ1) is 9.95. The lowest BCUT2D eigenvalue weighted by atomic mass is 10.1. The molecule has 0 fully saturated rings. The van der Waals surface area contributed by atoms with E-state index in [9.17, 15) is 5.11 Å². The number of aromatic hydroxyl groups is 1. The highest BCUT2D eigenvalue weighted by Gasteiger charge is 2.06. The number of hydrogen-bond acceptors (Lipinski definition) is 3. The zero-order valence-electron chi connectivity index (χ0n) is 12.5. The van der Waals surface area contributed by atoms with Crippen LogP contribution in [0.2, 0.25) is 0 Å². The first-order valence-electron chi connectivity index (χ1n) is 6.54. The smallest absolute Gasteiger partial charge is 0.129 e. The molecule has 110 valence electrons. The van der Waals surface area contributed by atoms with Crippen LogP contribution >= 0.6 is 0 Å². The lowest BCUT2D eigenvalue weighted by molar-refractivity contribution is 0.474. The minimum atomic E-state index is 0.121. The first-order valence-corrected chi connectivity index (χ1v) is 6.54. The van der Waals surface area contributed by atoms with Crippen molar-refractivity contribution in [2.24, 2.45) is 15.7 Å². The number of nitrogens with two attached hydrogens (primary N) is 1. The number of benzene rings is 1. The van der Waals surface area contributed by atoms with Gasteiger partial charge in [-0.05, 0) is 37.1 Å². The molecule has 1 aromatic rings. The van der Waals surface area contributed by atoms with Crippen molar-refractivity contribution < 1.29 is 5.11 Å². The summed E-state index contributed by atoms with van der Waals surface area (Å²) in [5.74, 6) is 0.412. The summed E-state index contributed by atoms with van der Waals surface area (Å²) in [7, 11) is 0. The molecule has 1 rings (SSSR count). The summed E-state index contributed by atoms with van der Waals surface area (Å²) in [6.07, 6.45) is 4.89. The van der Waals surface area contributed by atoms with E-state index in [0.717, 1.165) is 16.7 Å². The third-order valence-corrected chi connectivity index (χ3v) is 2.89. The Morgan fingerprint density at radius 1 is 1.43 bits per heavy atom. The second kappa shape index (κ2) is 7.85. The van der Waals surface area contributed by atoms with E-state index in [4.69, 9.17) is 5.73 Å². The maximum atomic E-state index is 9.80. The van der Waals surface area contributed by atoms with E-state index in [0.29, 0.717) is 17.9 Å². The summed E-state index contributed by atoms with van der Waals surface area (Å²) >= 11 is 0. The number of rotatable bonds is 6. The van der Waals surface area contributed by atoms with E-state index in [2.05, 4.69) is 23.1 Å². The van der Waals surface area contributed by atoms with Crippen LogP contribution in [0.25, 0.3) is 0 Å². The van der Waals surface area contributed by atoms with Crippen molar-refractivity contribution in [2.75, 3.05) is 6.54 Å². The third-order valence-electron chi connectivity index (χ3n) is 2.89. The van der Waals surface area contributed by atoms with E-state index < -0.39 is 0 Å². The number of hydrogen-bond donors (Lipinski definition) is 2. The first kappa shape index (κ1) is 16.4. The predicted molar refractivity (Wildman–Crippen MR) is 90.0 cm³/mol. The Morgan fingerprint density at radius 2 is 2.14 bits per heavy atom. The number of aliphatic imine (C=N–C) groups is 2. The van der Waals surface area contributed by atoms with Crippen molar-refractivity contribution in [3.8, 4) is 5.75 Å². The Morgan fingerprint density at radius 3 is 2.81 bits per heavy atom. The van der Waals surface area contributed by atoms with Crippen molar-refractivity contribution in [3.63, 3.8) is 0 Å². The normalized spacial score (nSPS) is 12.7. The monoisotopic (exact) mass is 283 g/mol. The molecule has 0 aromatic heterocycles. The highest BCUT2D eigenvalue weighted by molar-refractivity contribution is 6.00. The number of phenols is 1. The average Bonchev–Trinajstić information content (AvgIpc) is 2.47. The maximum absolute atomic E-state index is 9.80. The molecule has 21 heavy (non-hydrogen) atoms. The molecular formula is C17H21N3O. The molecule has 0 heterocycles. The zero-order valence-corrected chi connectivity index (χ0v) is 12.5. The van der Waals surface area contributed by atoms with Gasteiger partial charge in [-0.2, -0.15) is 0 Å². The van der Waals surface area contributed by atoms with Crippen LogP contribution in [0.1, 0.15) is 18.1 Å². The highest BCUT2D eigenvalue weighted by atomic mass is 16.3. The average molecular weight is 283 g/mol. The molecule has 0 spiro atoms. The van der Waals surface area contributed by atoms with Gasteiger partial charge in [-0.3, -0.25) is 9.98 Å². The number of aryl methyl sites for hydroxylation is 1. The van der Waals surface area contributed by atoms with Crippen molar-refractivity contribution in [1.29, 1.82) is 0 Å².